The number of nitrogens with zero attached hydrogens (tertiary/aromatic N) is 2. The molecular weight excluding hydrogens is 464 g/mol. The molecule has 2 atom stereocenters. The van der Waals surface area contributed by atoms with Crippen LogP contribution in [-0.4, -0.2) is 32.5 Å². The minimum Gasteiger partial charge on any atom is -0.591 e. The molecule has 0 aliphatic rings. The fraction of sp³-hybridized carbons (Fsp3) is 0.391. The highest BCUT2D eigenvalue weighted by Gasteiger charge is 2.26. The van der Waals surface area contributed by atoms with Crippen LogP contribution in [-0.2, 0) is 29.3 Å². The summed E-state index contributed by atoms with van der Waals surface area (Å²) in [6.45, 7) is 8.21. The summed E-state index contributed by atoms with van der Waals surface area (Å²) in [7, 11) is 0. The molecule has 5 nitrogen and oxygen atoms in total. The van der Waals surface area contributed by atoms with Gasteiger partial charge in [0.15, 0.2) is 0 Å². The van der Waals surface area contributed by atoms with Crippen LogP contribution < -0.4 is 0 Å². The van der Waals surface area contributed by atoms with Crippen LogP contribution in [0.5, 0.6) is 0 Å². The standard InChI is InChI=1S/C23H29BrN2O3S/c1-18(14-15-25-30(28)23(2,3)4)26(16-19-10-12-21(24)13-11-19)22(27)29-17-20-8-6-5-7-9-20/h5-13,15,18H,14,16-17H2,1-4H3/t18-,30?/m0/s1. The van der Waals surface area contributed by atoms with Crippen molar-refractivity contribution in [1.29, 1.82) is 0 Å². The highest BCUT2D eigenvalue weighted by atomic mass is 79.9. The smallest absolute Gasteiger partial charge is 0.410 e. The summed E-state index contributed by atoms with van der Waals surface area (Å²) in [5.41, 5.74) is 1.93. The zero-order chi connectivity index (χ0) is 22.1. The van der Waals surface area contributed by atoms with E-state index in [1.807, 2.05) is 82.3 Å². The molecule has 2 aromatic carbocycles. The Labute approximate surface area is 191 Å². The third-order valence-corrected chi connectivity index (χ3v) is 6.30. The van der Waals surface area contributed by atoms with Gasteiger partial charge in [-0.1, -0.05) is 62.8 Å². The highest BCUT2D eigenvalue weighted by Crippen LogP contribution is 2.18. The Bertz CT molecular complexity index is 823. The lowest BCUT2D eigenvalue weighted by molar-refractivity contribution is 0.0812. The van der Waals surface area contributed by atoms with Gasteiger partial charge in [-0.15, -0.1) is 0 Å². The van der Waals surface area contributed by atoms with Crippen LogP contribution >= 0.6 is 15.9 Å². The predicted molar refractivity (Wildman–Crippen MR) is 127 cm³/mol. The van der Waals surface area contributed by atoms with E-state index in [2.05, 4.69) is 20.3 Å². The van der Waals surface area contributed by atoms with Gasteiger partial charge in [0, 0.05) is 23.5 Å². The van der Waals surface area contributed by atoms with Gasteiger partial charge in [0.2, 0.25) is 0 Å². The molecule has 0 radical (unpaired) electrons. The molecule has 30 heavy (non-hydrogen) atoms. The number of carbonyl (C=O) groups excluding carboxylic acids is 1. The average Bonchev–Trinajstić information content (AvgIpc) is 2.71. The quantitative estimate of drug-likeness (QED) is 0.340. The third-order valence-electron chi connectivity index (χ3n) is 4.38. The summed E-state index contributed by atoms with van der Waals surface area (Å²) >= 11 is 2.12. The van der Waals surface area contributed by atoms with E-state index < -0.39 is 16.1 Å². The predicted octanol–water partition coefficient (Wildman–Crippen LogP) is 5.90. The van der Waals surface area contributed by atoms with Crippen LogP contribution in [0.1, 0.15) is 45.2 Å². The van der Waals surface area contributed by atoms with Crippen molar-refractivity contribution < 1.29 is 14.1 Å². The van der Waals surface area contributed by atoms with Gasteiger partial charge < -0.3 is 14.2 Å². The highest BCUT2D eigenvalue weighted by molar-refractivity contribution is 9.10. The molecule has 0 fully saturated rings. The zero-order valence-corrected chi connectivity index (χ0v) is 20.3. The van der Waals surface area contributed by atoms with Crippen molar-refractivity contribution in [2.45, 2.75) is 58.1 Å². The lowest BCUT2D eigenvalue weighted by atomic mass is 10.1. The normalized spacial score (nSPS) is 13.8. The Morgan fingerprint density at radius 2 is 1.80 bits per heavy atom. The van der Waals surface area contributed by atoms with E-state index in [0.717, 1.165) is 15.6 Å². The topological polar surface area (TPSA) is 65.0 Å². The first-order valence-corrected chi connectivity index (χ1v) is 11.7. The molecule has 0 saturated heterocycles. The van der Waals surface area contributed by atoms with Crippen LogP contribution in [0.2, 0.25) is 0 Å². The van der Waals surface area contributed by atoms with E-state index in [1.165, 1.54) is 0 Å². The number of rotatable bonds is 8. The second-order valence-corrected chi connectivity index (χ2v) is 10.9. The monoisotopic (exact) mass is 492 g/mol. The Kier molecular flexibility index (Phi) is 9.39. The average molecular weight is 493 g/mol. The largest absolute Gasteiger partial charge is 0.591 e. The molecular formula is C23H29BrN2O3S. The fourth-order valence-electron chi connectivity index (χ4n) is 2.54. The molecule has 0 bridgehead atoms. The van der Waals surface area contributed by atoms with Crippen molar-refractivity contribution in [2.75, 3.05) is 0 Å². The summed E-state index contributed by atoms with van der Waals surface area (Å²) in [6.07, 6.45) is 1.74. The van der Waals surface area contributed by atoms with Crippen LogP contribution in [0.15, 0.2) is 63.5 Å². The Hall–Kier alpha value is -1.83. The number of ether oxygens (including phenoxy) is 1. The summed E-state index contributed by atoms with van der Waals surface area (Å²) in [4.78, 5) is 14.6. The first kappa shape index (κ1) is 24.4. The van der Waals surface area contributed by atoms with E-state index in [9.17, 15) is 9.35 Å². The van der Waals surface area contributed by atoms with Crippen molar-refractivity contribution in [2.24, 2.45) is 4.40 Å². The van der Waals surface area contributed by atoms with Crippen molar-refractivity contribution >= 4 is 39.6 Å². The minimum atomic E-state index is -1.32. The fourth-order valence-corrected chi connectivity index (χ4v) is 3.34. The molecule has 0 spiro atoms. The molecule has 0 heterocycles. The Morgan fingerprint density at radius 1 is 1.17 bits per heavy atom. The van der Waals surface area contributed by atoms with Gasteiger partial charge in [-0.05, 0) is 51.0 Å². The summed E-state index contributed by atoms with van der Waals surface area (Å²) in [5.74, 6) is 0. The molecule has 7 heteroatoms. The van der Waals surface area contributed by atoms with Crippen LogP contribution in [0.25, 0.3) is 0 Å². The number of benzene rings is 2. The summed E-state index contributed by atoms with van der Waals surface area (Å²) < 4.78 is 22.4. The van der Waals surface area contributed by atoms with E-state index in [0.29, 0.717) is 13.0 Å². The van der Waals surface area contributed by atoms with E-state index >= 15 is 0 Å². The van der Waals surface area contributed by atoms with E-state index in [1.54, 1.807) is 11.1 Å². The maximum absolute atomic E-state index is 12.9. The Balaban J connectivity index is 2.07. The molecule has 1 unspecified atom stereocenters. The third kappa shape index (κ3) is 8.13. The second kappa shape index (κ2) is 11.5. The van der Waals surface area contributed by atoms with Gasteiger partial charge >= 0.3 is 6.09 Å². The summed E-state index contributed by atoms with van der Waals surface area (Å²) in [5, 5.41) is 0. The van der Waals surface area contributed by atoms with Gasteiger partial charge in [0.05, 0.1) is 6.21 Å². The number of carbonyl (C=O) groups is 1. The minimum absolute atomic E-state index is 0.169. The van der Waals surface area contributed by atoms with Gasteiger partial charge in [-0.25, -0.2) is 4.79 Å². The Morgan fingerprint density at radius 3 is 2.40 bits per heavy atom. The lowest BCUT2D eigenvalue weighted by Gasteiger charge is -2.28. The second-order valence-electron chi connectivity index (χ2n) is 8.03. The van der Waals surface area contributed by atoms with Crippen molar-refractivity contribution in [1.82, 2.24) is 4.90 Å². The van der Waals surface area contributed by atoms with Crippen molar-refractivity contribution in [3.8, 4) is 0 Å². The summed E-state index contributed by atoms with van der Waals surface area (Å²) in [6, 6.07) is 17.3. The molecule has 1 amide bonds. The zero-order valence-electron chi connectivity index (χ0n) is 17.9. The van der Waals surface area contributed by atoms with Crippen molar-refractivity contribution in [3.05, 3.63) is 70.2 Å². The van der Waals surface area contributed by atoms with Crippen molar-refractivity contribution in [3.63, 3.8) is 0 Å². The maximum atomic E-state index is 12.9. The van der Waals surface area contributed by atoms with Gasteiger partial charge in [0.1, 0.15) is 22.7 Å². The molecule has 0 aliphatic heterocycles. The number of hydrogen-bond donors (Lipinski definition) is 0. The molecule has 2 rings (SSSR count). The van der Waals surface area contributed by atoms with E-state index in [4.69, 9.17) is 4.74 Å². The lowest BCUT2D eigenvalue weighted by Crippen LogP contribution is -2.38. The number of halogens is 1. The van der Waals surface area contributed by atoms with Gasteiger partial charge in [-0.3, -0.25) is 0 Å². The number of amides is 1. The molecule has 0 aromatic heterocycles. The molecule has 162 valence electrons. The molecule has 0 N–H and O–H groups in total. The first-order chi connectivity index (χ1) is 14.2. The first-order valence-electron chi connectivity index (χ1n) is 9.83. The maximum Gasteiger partial charge on any atom is 0.410 e. The van der Waals surface area contributed by atoms with Gasteiger partial charge in [0.25, 0.3) is 0 Å². The van der Waals surface area contributed by atoms with Crippen LogP contribution in [0.3, 0.4) is 0 Å². The van der Waals surface area contributed by atoms with Gasteiger partial charge in [-0.2, -0.15) is 0 Å². The van der Waals surface area contributed by atoms with Crippen LogP contribution in [0.4, 0.5) is 4.79 Å². The number of hydrogen-bond acceptors (Lipinski definition) is 4. The molecule has 0 saturated carbocycles. The molecule has 0 aliphatic carbocycles. The van der Waals surface area contributed by atoms with E-state index in [-0.39, 0.29) is 18.7 Å². The van der Waals surface area contributed by atoms with Crippen LogP contribution in [0, 0.1) is 0 Å². The molecule has 2 aromatic rings. The SMILES string of the molecule is C[C@@H](CC=N[S+]([O-])C(C)(C)C)N(Cc1ccc(Br)cc1)C(=O)OCc1ccccc1.